The van der Waals surface area contributed by atoms with Gasteiger partial charge in [-0.15, -0.1) is 0 Å². The van der Waals surface area contributed by atoms with E-state index < -0.39 is 0 Å². The SMILES string of the molecule is CCCCC(CC)CC(CNCCOC)c1ccccc1. The molecule has 2 atom stereocenters. The van der Waals surface area contributed by atoms with Crippen LogP contribution >= 0.6 is 0 Å². The number of hydrogen-bond acceptors (Lipinski definition) is 2. The van der Waals surface area contributed by atoms with E-state index in [4.69, 9.17) is 4.74 Å². The van der Waals surface area contributed by atoms with Crippen molar-refractivity contribution in [1.82, 2.24) is 5.32 Å². The molecule has 0 saturated heterocycles. The number of ether oxygens (including phenoxy) is 1. The second kappa shape index (κ2) is 11.8. The zero-order valence-electron chi connectivity index (χ0n) is 14.1. The first-order valence-corrected chi connectivity index (χ1v) is 8.56. The predicted molar refractivity (Wildman–Crippen MR) is 91.9 cm³/mol. The molecule has 0 saturated carbocycles. The number of methoxy groups -OCH3 is 1. The van der Waals surface area contributed by atoms with Crippen LogP contribution in [0.4, 0.5) is 0 Å². The van der Waals surface area contributed by atoms with Gasteiger partial charge in [0.1, 0.15) is 0 Å². The van der Waals surface area contributed by atoms with E-state index >= 15 is 0 Å². The van der Waals surface area contributed by atoms with Crippen LogP contribution in [0.3, 0.4) is 0 Å². The van der Waals surface area contributed by atoms with Crippen LogP contribution in [0.15, 0.2) is 30.3 Å². The van der Waals surface area contributed by atoms with Crippen molar-refractivity contribution in [3.05, 3.63) is 35.9 Å². The Kier molecular flexibility index (Phi) is 10.2. The number of rotatable bonds is 12. The lowest BCUT2D eigenvalue weighted by molar-refractivity contribution is 0.198. The summed E-state index contributed by atoms with van der Waals surface area (Å²) in [6, 6.07) is 11.0. The van der Waals surface area contributed by atoms with Gasteiger partial charge in [-0.2, -0.15) is 0 Å². The molecule has 0 bridgehead atoms. The van der Waals surface area contributed by atoms with Gasteiger partial charge in [0.25, 0.3) is 0 Å². The Morgan fingerprint density at radius 2 is 1.90 bits per heavy atom. The van der Waals surface area contributed by atoms with Crippen molar-refractivity contribution >= 4 is 0 Å². The molecule has 0 aliphatic heterocycles. The molecule has 0 aromatic heterocycles. The molecular formula is C19H33NO. The first-order valence-electron chi connectivity index (χ1n) is 8.56. The number of nitrogens with one attached hydrogen (secondary N) is 1. The molecule has 0 heterocycles. The van der Waals surface area contributed by atoms with Crippen molar-refractivity contribution in [3.63, 3.8) is 0 Å². The van der Waals surface area contributed by atoms with Gasteiger partial charge in [0.15, 0.2) is 0 Å². The van der Waals surface area contributed by atoms with E-state index in [-0.39, 0.29) is 0 Å². The second-order valence-corrected chi connectivity index (χ2v) is 5.96. The lowest BCUT2D eigenvalue weighted by Crippen LogP contribution is -2.26. The summed E-state index contributed by atoms with van der Waals surface area (Å²) >= 11 is 0. The summed E-state index contributed by atoms with van der Waals surface area (Å²) in [7, 11) is 1.76. The van der Waals surface area contributed by atoms with Gasteiger partial charge >= 0.3 is 0 Å². The molecule has 1 N–H and O–H groups in total. The second-order valence-electron chi connectivity index (χ2n) is 5.96. The van der Waals surface area contributed by atoms with E-state index in [9.17, 15) is 0 Å². The Hall–Kier alpha value is -0.860. The Morgan fingerprint density at radius 1 is 1.14 bits per heavy atom. The molecule has 0 aliphatic carbocycles. The number of hydrogen-bond donors (Lipinski definition) is 1. The van der Waals surface area contributed by atoms with Gasteiger partial charge in [-0.1, -0.05) is 69.9 Å². The topological polar surface area (TPSA) is 21.3 Å². The molecule has 0 fully saturated rings. The highest BCUT2D eigenvalue weighted by molar-refractivity contribution is 5.20. The minimum Gasteiger partial charge on any atom is -0.383 e. The molecule has 2 nitrogen and oxygen atoms in total. The van der Waals surface area contributed by atoms with Gasteiger partial charge in [0.2, 0.25) is 0 Å². The van der Waals surface area contributed by atoms with Crippen LogP contribution < -0.4 is 5.32 Å². The standard InChI is InChI=1S/C19H33NO/c1-4-6-10-17(5-2)15-19(16-20-13-14-21-3)18-11-8-7-9-12-18/h7-9,11-12,17,19-20H,4-6,10,13-16H2,1-3H3. The van der Waals surface area contributed by atoms with Crippen molar-refractivity contribution in [1.29, 1.82) is 0 Å². The van der Waals surface area contributed by atoms with Crippen molar-refractivity contribution in [2.45, 2.75) is 51.9 Å². The highest BCUT2D eigenvalue weighted by atomic mass is 16.5. The molecule has 21 heavy (non-hydrogen) atoms. The maximum Gasteiger partial charge on any atom is 0.0587 e. The molecule has 1 rings (SSSR count). The van der Waals surface area contributed by atoms with Crippen molar-refractivity contribution in [2.24, 2.45) is 5.92 Å². The minimum absolute atomic E-state index is 0.616. The Bertz CT molecular complexity index is 339. The molecule has 2 heteroatoms. The summed E-state index contributed by atoms with van der Waals surface area (Å²) < 4.78 is 5.12. The van der Waals surface area contributed by atoms with Crippen LogP contribution in [-0.4, -0.2) is 26.8 Å². The molecule has 120 valence electrons. The summed E-state index contributed by atoms with van der Waals surface area (Å²) in [4.78, 5) is 0. The first-order chi connectivity index (χ1) is 10.3. The predicted octanol–water partition coefficient (Wildman–Crippen LogP) is 4.61. The fourth-order valence-electron chi connectivity index (χ4n) is 2.90. The van der Waals surface area contributed by atoms with Crippen molar-refractivity contribution in [3.8, 4) is 0 Å². The summed E-state index contributed by atoms with van der Waals surface area (Å²) in [5.41, 5.74) is 1.47. The fraction of sp³-hybridized carbons (Fsp3) is 0.684. The van der Waals surface area contributed by atoms with Crippen LogP contribution in [0.5, 0.6) is 0 Å². The van der Waals surface area contributed by atoms with Gasteiger partial charge in [0.05, 0.1) is 6.61 Å². The zero-order chi connectivity index (χ0) is 15.3. The Labute approximate surface area is 131 Å². The third kappa shape index (κ3) is 7.63. The summed E-state index contributed by atoms with van der Waals surface area (Å²) in [6.07, 6.45) is 6.62. The average Bonchev–Trinajstić information content (AvgIpc) is 2.54. The van der Waals surface area contributed by atoms with E-state index in [1.54, 1.807) is 7.11 Å². The van der Waals surface area contributed by atoms with E-state index in [0.29, 0.717) is 5.92 Å². The Balaban J connectivity index is 2.58. The van der Waals surface area contributed by atoms with Crippen LogP contribution in [0.25, 0.3) is 0 Å². The lowest BCUT2D eigenvalue weighted by atomic mass is 9.85. The van der Waals surface area contributed by atoms with Crippen molar-refractivity contribution < 1.29 is 4.74 Å². The molecule has 1 aromatic rings. The van der Waals surface area contributed by atoms with Crippen LogP contribution in [0.2, 0.25) is 0 Å². The van der Waals surface area contributed by atoms with Gasteiger partial charge in [-0.3, -0.25) is 0 Å². The van der Waals surface area contributed by atoms with E-state index in [2.05, 4.69) is 49.5 Å². The highest BCUT2D eigenvalue weighted by Crippen LogP contribution is 2.28. The zero-order valence-corrected chi connectivity index (χ0v) is 14.1. The Morgan fingerprint density at radius 3 is 2.52 bits per heavy atom. The maximum atomic E-state index is 5.12. The summed E-state index contributed by atoms with van der Waals surface area (Å²) in [5.74, 6) is 1.46. The van der Waals surface area contributed by atoms with Gasteiger partial charge in [0, 0.05) is 20.2 Å². The van der Waals surface area contributed by atoms with Gasteiger partial charge in [-0.05, 0) is 23.8 Å². The van der Waals surface area contributed by atoms with E-state index in [1.807, 2.05) is 0 Å². The summed E-state index contributed by atoms with van der Waals surface area (Å²) in [6.45, 7) is 7.39. The largest absolute Gasteiger partial charge is 0.383 e. The van der Waals surface area contributed by atoms with Crippen LogP contribution in [0, 0.1) is 5.92 Å². The maximum absolute atomic E-state index is 5.12. The average molecular weight is 291 g/mol. The molecule has 0 radical (unpaired) electrons. The van der Waals surface area contributed by atoms with Gasteiger partial charge in [-0.25, -0.2) is 0 Å². The van der Waals surface area contributed by atoms with E-state index in [1.165, 1.54) is 37.7 Å². The molecule has 2 unspecified atom stereocenters. The third-order valence-corrected chi connectivity index (χ3v) is 4.31. The smallest absolute Gasteiger partial charge is 0.0587 e. The highest BCUT2D eigenvalue weighted by Gasteiger charge is 2.16. The fourth-order valence-corrected chi connectivity index (χ4v) is 2.90. The number of benzene rings is 1. The first kappa shape index (κ1) is 18.2. The molecule has 1 aromatic carbocycles. The molecule has 0 aliphatic rings. The normalized spacial score (nSPS) is 14.0. The van der Waals surface area contributed by atoms with Crippen molar-refractivity contribution in [2.75, 3.05) is 26.8 Å². The van der Waals surface area contributed by atoms with Crippen LogP contribution in [-0.2, 0) is 4.74 Å². The minimum atomic E-state index is 0.616. The van der Waals surface area contributed by atoms with E-state index in [0.717, 1.165) is 25.6 Å². The molecule has 0 spiro atoms. The monoisotopic (exact) mass is 291 g/mol. The number of unbranched alkanes of at least 4 members (excludes halogenated alkanes) is 1. The molecular weight excluding hydrogens is 258 g/mol. The van der Waals surface area contributed by atoms with Gasteiger partial charge < -0.3 is 10.1 Å². The summed E-state index contributed by atoms with van der Waals surface area (Å²) in [5, 5.41) is 3.55. The quantitative estimate of drug-likeness (QED) is 0.568. The molecule has 0 amide bonds. The lowest BCUT2D eigenvalue weighted by Gasteiger charge is -2.24. The van der Waals surface area contributed by atoms with Crippen LogP contribution in [0.1, 0.15) is 57.4 Å². The third-order valence-electron chi connectivity index (χ3n) is 4.31.